The van der Waals surface area contributed by atoms with Gasteiger partial charge in [0.1, 0.15) is 5.75 Å². The van der Waals surface area contributed by atoms with Crippen LogP contribution in [-0.2, 0) is 6.42 Å². The van der Waals surface area contributed by atoms with Gasteiger partial charge in [0.15, 0.2) is 0 Å². The normalized spacial score (nSPS) is 10.7. The van der Waals surface area contributed by atoms with Gasteiger partial charge in [0.05, 0.1) is 23.9 Å². The van der Waals surface area contributed by atoms with Crippen LogP contribution >= 0.6 is 0 Å². The van der Waals surface area contributed by atoms with E-state index < -0.39 is 0 Å². The topological polar surface area (TPSA) is 64.1 Å². The number of methoxy groups -OCH3 is 1. The van der Waals surface area contributed by atoms with Crippen molar-refractivity contribution in [1.82, 2.24) is 15.3 Å². The van der Waals surface area contributed by atoms with Crippen molar-refractivity contribution in [3.05, 3.63) is 89.7 Å². The molecule has 5 heteroatoms. The Bertz CT molecular complexity index is 1190. The van der Waals surface area contributed by atoms with Gasteiger partial charge in [-0.05, 0) is 55.3 Å². The highest BCUT2D eigenvalue weighted by Crippen LogP contribution is 2.25. The van der Waals surface area contributed by atoms with Gasteiger partial charge in [0.2, 0.25) is 0 Å². The van der Waals surface area contributed by atoms with Crippen molar-refractivity contribution in [3.8, 4) is 17.0 Å². The smallest absolute Gasteiger partial charge is 0.252 e. The molecule has 0 saturated carbocycles. The number of amides is 1. The van der Waals surface area contributed by atoms with E-state index in [1.54, 1.807) is 19.5 Å². The predicted molar refractivity (Wildman–Crippen MR) is 119 cm³/mol. The highest BCUT2D eigenvalue weighted by molar-refractivity contribution is 6.07. The fraction of sp³-hybridized carbons (Fsp3) is 0.160. The lowest BCUT2D eigenvalue weighted by atomic mass is 10.0. The summed E-state index contributed by atoms with van der Waals surface area (Å²) in [7, 11) is 1.66. The molecule has 1 amide bonds. The van der Waals surface area contributed by atoms with Crippen LogP contribution < -0.4 is 10.1 Å². The van der Waals surface area contributed by atoms with Gasteiger partial charge in [0.25, 0.3) is 5.91 Å². The summed E-state index contributed by atoms with van der Waals surface area (Å²) in [6.45, 7) is 2.52. The minimum Gasteiger partial charge on any atom is -0.496 e. The number of carbonyl (C=O) groups is 1. The van der Waals surface area contributed by atoms with Crippen LogP contribution in [0.5, 0.6) is 5.75 Å². The summed E-state index contributed by atoms with van der Waals surface area (Å²) in [6, 6.07) is 19.5. The number of nitrogens with one attached hydrogen (secondary N) is 1. The molecule has 0 radical (unpaired) electrons. The largest absolute Gasteiger partial charge is 0.496 e. The number of ether oxygens (including phenoxy) is 1. The zero-order chi connectivity index (χ0) is 20.9. The fourth-order valence-corrected chi connectivity index (χ4v) is 3.51. The highest BCUT2D eigenvalue weighted by Gasteiger charge is 2.14. The lowest BCUT2D eigenvalue weighted by molar-refractivity contribution is 0.0955. The fourth-order valence-electron chi connectivity index (χ4n) is 3.51. The molecular weight excluding hydrogens is 374 g/mol. The minimum absolute atomic E-state index is 0.118. The summed E-state index contributed by atoms with van der Waals surface area (Å²) in [5, 5.41) is 3.90. The molecule has 0 fully saturated rings. The number of fused-ring (bicyclic) bond motifs is 1. The van der Waals surface area contributed by atoms with E-state index in [-0.39, 0.29) is 5.91 Å². The maximum Gasteiger partial charge on any atom is 0.252 e. The highest BCUT2D eigenvalue weighted by atomic mass is 16.5. The molecule has 150 valence electrons. The quantitative estimate of drug-likeness (QED) is 0.517. The first-order chi connectivity index (χ1) is 14.7. The molecule has 1 N–H and O–H groups in total. The van der Waals surface area contributed by atoms with E-state index in [9.17, 15) is 4.79 Å². The van der Waals surface area contributed by atoms with Crippen LogP contribution in [0.15, 0.2) is 73.1 Å². The number of benzene rings is 2. The molecule has 0 bridgehead atoms. The second kappa shape index (κ2) is 8.74. The summed E-state index contributed by atoms with van der Waals surface area (Å²) < 4.78 is 5.40. The Kier molecular flexibility index (Phi) is 5.70. The first-order valence-corrected chi connectivity index (χ1v) is 9.87. The van der Waals surface area contributed by atoms with Gasteiger partial charge in [-0.25, -0.2) is 4.98 Å². The number of aromatic nitrogens is 2. The van der Waals surface area contributed by atoms with Gasteiger partial charge in [0, 0.05) is 29.9 Å². The number of pyridine rings is 2. The number of hydrogen-bond donors (Lipinski definition) is 1. The lowest BCUT2D eigenvalue weighted by Crippen LogP contribution is -2.26. The van der Waals surface area contributed by atoms with Crippen LogP contribution in [0.2, 0.25) is 0 Å². The van der Waals surface area contributed by atoms with Crippen LogP contribution in [0.1, 0.15) is 21.5 Å². The standard InChI is InChI=1S/C25H23N3O2/c1-17-9-10-22-20(14-17)21(15-23(28-22)19-7-5-12-26-16-19)25(29)27-13-11-18-6-3-4-8-24(18)30-2/h3-10,12,14-16H,11,13H2,1-2H3,(H,27,29). The van der Waals surface area contributed by atoms with E-state index in [2.05, 4.69) is 10.3 Å². The molecule has 0 saturated heterocycles. The molecule has 0 unspecified atom stereocenters. The molecule has 2 aromatic heterocycles. The number of carbonyl (C=O) groups excluding carboxylic acids is 1. The Labute approximate surface area is 175 Å². The maximum absolute atomic E-state index is 13.1. The summed E-state index contributed by atoms with van der Waals surface area (Å²) in [6.07, 6.45) is 4.17. The SMILES string of the molecule is COc1ccccc1CCNC(=O)c1cc(-c2cccnc2)nc2ccc(C)cc12. The molecule has 2 heterocycles. The second-order valence-electron chi connectivity index (χ2n) is 7.14. The van der Waals surface area contributed by atoms with Crippen molar-refractivity contribution in [2.24, 2.45) is 0 Å². The number of para-hydroxylation sites is 1. The monoisotopic (exact) mass is 397 g/mol. The van der Waals surface area contributed by atoms with E-state index >= 15 is 0 Å². The van der Waals surface area contributed by atoms with E-state index in [0.717, 1.165) is 39.0 Å². The molecule has 0 spiro atoms. The van der Waals surface area contributed by atoms with E-state index in [1.165, 1.54) is 0 Å². The summed E-state index contributed by atoms with van der Waals surface area (Å²) in [4.78, 5) is 22.0. The zero-order valence-electron chi connectivity index (χ0n) is 17.1. The molecule has 0 aliphatic rings. The summed E-state index contributed by atoms with van der Waals surface area (Å²) in [5.41, 5.74) is 5.16. The van der Waals surface area contributed by atoms with E-state index in [1.807, 2.05) is 67.6 Å². The number of rotatable bonds is 6. The van der Waals surface area contributed by atoms with Crippen molar-refractivity contribution in [2.75, 3.05) is 13.7 Å². The van der Waals surface area contributed by atoms with Gasteiger partial charge >= 0.3 is 0 Å². The number of hydrogen-bond acceptors (Lipinski definition) is 4. The van der Waals surface area contributed by atoms with Gasteiger partial charge in [-0.2, -0.15) is 0 Å². The van der Waals surface area contributed by atoms with E-state index in [4.69, 9.17) is 9.72 Å². The number of aryl methyl sites for hydroxylation is 1. The van der Waals surface area contributed by atoms with Crippen LogP contribution in [-0.4, -0.2) is 29.5 Å². The van der Waals surface area contributed by atoms with Crippen LogP contribution in [0.25, 0.3) is 22.2 Å². The molecule has 0 aliphatic carbocycles. The molecule has 30 heavy (non-hydrogen) atoms. The Balaban J connectivity index is 1.63. The van der Waals surface area contributed by atoms with Crippen molar-refractivity contribution in [3.63, 3.8) is 0 Å². The Morgan fingerprint density at radius 2 is 1.93 bits per heavy atom. The first-order valence-electron chi connectivity index (χ1n) is 9.87. The van der Waals surface area contributed by atoms with Gasteiger partial charge in [-0.3, -0.25) is 9.78 Å². The molecule has 5 nitrogen and oxygen atoms in total. The van der Waals surface area contributed by atoms with Crippen LogP contribution in [0.4, 0.5) is 0 Å². The van der Waals surface area contributed by atoms with Gasteiger partial charge < -0.3 is 10.1 Å². The molecular formula is C25H23N3O2. The summed E-state index contributed by atoms with van der Waals surface area (Å²) >= 11 is 0. The Morgan fingerprint density at radius 1 is 1.07 bits per heavy atom. The van der Waals surface area contributed by atoms with Crippen molar-refractivity contribution >= 4 is 16.8 Å². The van der Waals surface area contributed by atoms with Crippen molar-refractivity contribution in [2.45, 2.75) is 13.3 Å². The molecule has 0 aliphatic heterocycles. The minimum atomic E-state index is -0.118. The van der Waals surface area contributed by atoms with E-state index in [0.29, 0.717) is 18.5 Å². The third-order valence-electron chi connectivity index (χ3n) is 5.04. The number of nitrogens with zero attached hydrogens (tertiary/aromatic N) is 2. The van der Waals surface area contributed by atoms with Crippen molar-refractivity contribution in [1.29, 1.82) is 0 Å². The molecule has 4 aromatic rings. The molecule has 2 aromatic carbocycles. The second-order valence-corrected chi connectivity index (χ2v) is 7.14. The molecule has 4 rings (SSSR count). The lowest BCUT2D eigenvalue weighted by Gasteiger charge is -2.12. The Hall–Kier alpha value is -3.73. The Morgan fingerprint density at radius 3 is 2.73 bits per heavy atom. The van der Waals surface area contributed by atoms with Gasteiger partial charge in [-0.15, -0.1) is 0 Å². The average molecular weight is 397 g/mol. The predicted octanol–water partition coefficient (Wildman–Crippen LogP) is 4.59. The van der Waals surface area contributed by atoms with Gasteiger partial charge in [-0.1, -0.05) is 29.8 Å². The average Bonchev–Trinajstić information content (AvgIpc) is 2.79. The van der Waals surface area contributed by atoms with Crippen LogP contribution in [0.3, 0.4) is 0 Å². The molecule has 0 atom stereocenters. The zero-order valence-corrected chi connectivity index (χ0v) is 17.1. The third kappa shape index (κ3) is 4.15. The van der Waals surface area contributed by atoms with Crippen LogP contribution in [0, 0.1) is 6.92 Å². The maximum atomic E-state index is 13.1. The van der Waals surface area contributed by atoms with Crippen molar-refractivity contribution < 1.29 is 9.53 Å². The first kappa shape index (κ1) is 19.6. The third-order valence-corrected chi connectivity index (χ3v) is 5.04. The summed E-state index contributed by atoms with van der Waals surface area (Å²) in [5.74, 6) is 0.712.